The molecule has 0 saturated heterocycles. The molecule has 0 spiro atoms. The number of aliphatic hydroxyl groups is 1. The number of hydrogen-bond acceptors (Lipinski definition) is 4. The maximum Gasteiger partial charge on any atom is 0.370 e. The number of esters is 1. The fraction of sp³-hybridized carbons (Fsp3) is 0.250. The van der Waals surface area contributed by atoms with E-state index in [1.807, 2.05) is 0 Å². The summed E-state index contributed by atoms with van der Waals surface area (Å²) in [6.45, 7) is 1.90. The van der Waals surface area contributed by atoms with Gasteiger partial charge in [0.15, 0.2) is 0 Å². The van der Waals surface area contributed by atoms with E-state index >= 15 is 0 Å². The molecule has 0 aliphatic rings. The molecule has 13 heavy (non-hydrogen) atoms. The van der Waals surface area contributed by atoms with Crippen LogP contribution in [0.5, 0.6) is 0 Å². The predicted molar refractivity (Wildman–Crippen MR) is 44.1 cm³/mol. The highest BCUT2D eigenvalue weighted by molar-refractivity contribution is 5.85. The minimum Gasteiger partial charge on any atom is -0.502 e. The van der Waals surface area contributed by atoms with Gasteiger partial charge in [-0.15, -0.1) is 0 Å². The van der Waals surface area contributed by atoms with Gasteiger partial charge in [0.05, 0.1) is 6.61 Å². The Bertz CT molecular complexity index is 251. The van der Waals surface area contributed by atoms with Crippen molar-refractivity contribution in [2.75, 3.05) is 6.61 Å². The summed E-state index contributed by atoms with van der Waals surface area (Å²) < 4.78 is 4.50. The monoisotopic (exact) mass is 186 g/mol. The highest BCUT2D eigenvalue weighted by Gasteiger charge is 2.00. The van der Waals surface area contributed by atoms with Gasteiger partial charge in [-0.25, -0.2) is 9.59 Å². The molecule has 0 amide bonds. The van der Waals surface area contributed by atoms with Crippen molar-refractivity contribution < 1.29 is 24.5 Å². The number of ether oxygens (including phenoxy) is 1. The fourth-order valence-electron chi connectivity index (χ4n) is 0.479. The number of hydrogen-bond donors (Lipinski definition) is 2. The third-order valence-electron chi connectivity index (χ3n) is 0.992. The van der Waals surface area contributed by atoms with Crippen molar-refractivity contribution >= 4 is 11.9 Å². The SMILES string of the molecule is CCOC(=O)C=CC=C(O)C(=O)O. The normalized spacial score (nSPS) is 11.6. The lowest BCUT2D eigenvalue weighted by atomic mass is 10.4. The first-order valence-corrected chi connectivity index (χ1v) is 3.55. The zero-order valence-corrected chi connectivity index (χ0v) is 7.06. The van der Waals surface area contributed by atoms with E-state index in [-0.39, 0.29) is 6.61 Å². The molecule has 0 aromatic heterocycles. The van der Waals surface area contributed by atoms with Crippen molar-refractivity contribution in [2.45, 2.75) is 6.92 Å². The fourth-order valence-corrected chi connectivity index (χ4v) is 0.479. The van der Waals surface area contributed by atoms with E-state index < -0.39 is 17.7 Å². The number of allylic oxidation sites excluding steroid dienone is 2. The van der Waals surface area contributed by atoms with Crippen LogP contribution in [0, 0.1) is 0 Å². The molecule has 0 unspecified atom stereocenters. The van der Waals surface area contributed by atoms with Crippen LogP contribution in [0.1, 0.15) is 6.92 Å². The average Bonchev–Trinajstić information content (AvgIpc) is 2.04. The van der Waals surface area contributed by atoms with Crippen molar-refractivity contribution in [3.8, 4) is 0 Å². The van der Waals surface area contributed by atoms with Gasteiger partial charge in [0.1, 0.15) is 0 Å². The molecule has 5 heteroatoms. The van der Waals surface area contributed by atoms with Crippen LogP contribution in [0.25, 0.3) is 0 Å². The summed E-state index contributed by atoms with van der Waals surface area (Å²) in [7, 11) is 0. The van der Waals surface area contributed by atoms with Crippen molar-refractivity contribution in [3.63, 3.8) is 0 Å². The van der Waals surface area contributed by atoms with Crippen LogP contribution >= 0.6 is 0 Å². The Hall–Kier alpha value is -1.78. The highest BCUT2D eigenvalue weighted by atomic mass is 16.5. The first kappa shape index (κ1) is 11.2. The lowest BCUT2D eigenvalue weighted by molar-refractivity contribution is -0.137. The van der Waals surface area contributed by atoms with Crippen molar-refractivity contribution in [3.05, 3.63) is 24.0 Å². The Morgan fingerprint density at radius 2 is 2.00 bits per heavy atom. The van der Waals surface area contributed by atoms with Gasteiger partial charge in [0, 0.05) is 6.08 Å². The summed E-state index contributed by atoms with van der Waals surface area (Å²) in [4.78, 5) is 20.7. The van der Waals surface area contributed by atoms with E-state index in [1.165, 1.54) is 0 Å². The Morgan fingerprint density at radius 1 is 1.38 bits per heavy atom. The topological polar surface area (TPSA) is 83.8 Å². The van der Waals surface area contributed by atoms with Crippen LogP contribution in [0.4, 0.5) is 0 Å². The molecule has 72 valence electrons. The van der Waals surface area contributed by atoms with E-state index in [4.69, 9.17) is 10.2 Å². The Morgan fingerprint density at radius 3 is 2.46 bits per heavy atom. The zero-order chi connectivity index (χ0) is 10.3. The molecule has 0 atom stereocenters. The number of rotatable bonds is 4. The van der Waals surface area contributed by atoms with Crippen LogP contribution in [-0.2, 0) is 14.3 Å². The van der Waals surface area contributed by atoms with Crippen LogP contribution in [0.3, 0.4) is 0 Å². The van der Waals surface area contributed by atoms with Crippen LogP contribution in [-0.4, -0.2) is 28.8 Å². The molecular formula is C8H10O5. The molecule has 0 rings (SSSR count). The van der Waals surface area contributed by atoms with E-state index in [9.17, 15) is 9.59 Å². The molecule has 0 radical (unpaired) electrons. The smallest absolute Gasteiger partial charge is 0.370 e. The second kappa shape index (κ2) is 5.82. The Kier molecular flexibility index (Phi) is 5.02. The standard InChI is InChI=1S/C8H10O5/c1-2-13-7(10)5-3-4-6(9)8(11)12/h3-5,9H,2H2,1H3,(H,11,12). The number of aliphatic carboxylic acids is 1. The zero-order valence-electron chi connectivity index (χ0n) is 7.06. The average molecular weight is 186 g/mol. The predicted octanol–water partition coefficient (Wildman–Crippen LogP) is 0.632. The summed E-state index contributed by atoms with van der Waals surface area (Å²) >= 11 is 0. The van der Waals surface area contributed by atoms with Gasteiger partial charge in [0.25, 0.3) is 0 Å². The van der Waals surface area contributed by atoms with Gasteiger partial charge in [-0.3, -0.25) is 0 Å². The number of carboxylic acids is 1. The maximum absolute atomic E-state index is 10.6. The Labute approximate surface area is 74.9 Å². The molecule has 0 bridgehead atoms. The highest BCUT2D eigenvalue weighted by Crippen LogP contribution is 1.89. The lowest BCUT2D eigenvalue weighted by Crippen LogP contribution is -2.00. The van der Waals surface area contributed by atoms with Crippen LogP contribution in [0.15, 0.2) is 24.0 Å². The first-order chi connectivity index (χ1) is 6.07. The second-order valence-electron chi connectivity index (χ2n) is 1.97. The summed E-state index contributed by atoms with van der Waals surface area (Å²) in [5, 5.41) is 16.8. The molecule has 0 aromatic carbocycles. The molecule has 0 saturated carbocycles. The summed E-state index contributed by atoms with van der Waals surface area (Å²) in [5.41, 5.74) is 0. The summed E-state index contributed by atoms with van der Waals surface area (Å²) in [6.07, 6.45) is 3.00. The van der Waals surface area contributed by atoms with Gasteiger partial charge in [-0.2, -0.15) is 0 Å². The minimum atomic E-state index is -1.45. The van der Waals surface area contributed by atoms with E-state index in [2.05, 4.69) is 4.74 Å². The van der Waals surface area contributed by atoms with Crippen molar-refractivity contribution in [1.82, 2.24) is 0 Å². The number of carbonyl (C=O) groups is 2. The van der Waals surface area contributed by atoms with Crippen LogP contribution in [0.2, 0.25) is 0 Å². The molecular weight excluding hydrogens is 176 g/mol. The maximum atomic E-state index is 10.6. The van der Waals surface area contributed by atoms with Gasteiger partial charge >= 0.3 is 11.9 Å². The molecule has 0 aromatic rings. The van der Waals surface area contributed by atoms with Crippen molar-refractivity contribution in [1.29, 1.82) is 0 Å². The number of carboxylic acid groups (broad SMARTS) is 1. The third-order valence-corrected chi connectivity index (χ3v) is 0.992. The molecule has 0 aliphatic heterocycles. The molecule has 2 N–H and O–H groups in total. The summed E-state index contributed by atoms with van der Waals surface area (Å²) in [6, 6.07) is 0. The lowest BCUT2D eigenvalue weighted by Gasteiger charge is -1.92. The van der Waals surface area contributed by atoms with Gasteiger partial charge in [-0.05, 0) is 13.0 Å². The minimum absolute atomic E-state index is 0.248. The summed E-state index contributed by atoms with van der Waals surface area (Å²) in [5.74, 6) is -2.87. The molecule has 0 heterocycles. The van der Waals surface area contributed by atoms with E-state index in [0.717, 1.165) is 18.2 Å². The first-order valence-electron chi connectivity index (χ1n) is 3.55. The third kappa shape index (κ3) is 5.49. The second-order valence-corrected chi connectivity index (χ2v) is 1.97. The van der Waals surface area contributed by atoms with Crippen molar-refractivity contribution in [2.24, 2.45) is 0 Å². The molecule has 5 nitrogen and oxygen atoms in total. The van der Waals surface area contributed by atoms with Crippen LogP contribution < -0.4 is 0 Å². The van der Waals surface area contributed by atoms with Gasteiger partial charge in [0.2, 0.25) is 5.76 Å². The van der Waals surface area contributed by atoms with E-state index in [1.54, 1.807) is 6.92 Å². The largest absolute Gasteiger partial charge is 0.502 e. The Balaban J connectivity index is 4.07. The quantitative estimate of drug-likeness (QED) is 0.291. The molecule has 0 aliphatic carbocycles. The van der Waals surface area contributed by atoms with Gasteiger partial charge < -0.3 is 14.9 Å². The van der Waals surface area contributed by atoms with Gasteiger partial charge in [-0.1, -0.05) is 6.08 Å². The number of aliphatic hydroxyl groups excluding tert-OH is 1. The molecule has 0 fully saturated rings. The van der Waals surface area contributed by atoms with E-state index in [0.29, 0.717) is 0 Å². The number of carbonyl (C=O) groups excluding carboxylic acids is 1.